The quantitative estimate of drug-likeness (QED) is 0.754. The molecular formula is C19H16N2O3. The van der Waals surface area contributed by atoms with E-state index >= 15 is 0 Å². The number of nitrogens with one attached hydrogen (secondary N) is 1. The zero-order valence-corrected chi connectivity index (χ0v) is 13.2. The van der Waals surface area contributed by atoms with Crippen LogP contribution in [0.25, 0.3) is 10.9 Å². The van der Waals surface area contributed by atoms with Crippen LogP contribution in [0, 0.1) is 0 Å². The Morgan fingerprint density at radius 3 is 2.58 bits per heavy atom. The number of carbonyl (C=O) groups is 2. The minimum atomic E-state index is -0.448. The molecular weight excluding hydrogens is 304 g/mol. The molecule has 5 nitrogen and oxygen atoms in total. The molecule has 120 valence electrons. The van der Waals surface area contributed by atoms with Gasteiger partial charge >= 0.3 is 0 Å². The number of imide groups is 1. The third kappa shape index (κ3) is 2.17. The van der Waals surface area contributed by atoms with Gasteiger partial charge in [-0.15, -0.1) is 0 Å². The van der Waals surface area contributed by atoms with Gasteiger partial charge in [-0.2, -0.15) is 0 Å². The first-order chi connectivity index (χ1) is 11.7. The molecule has 3 aromatic rings. The number of anilines is 1. The molecule has 1 aliphatic rings. The first-order valence-electron chi connectivity index (χ1n) is 7.76. The van der Waals surface area contributed by atoms with Gasteiger partial charge in [0.2, 0.25) is 11.8 Å². The highest BCUT2D eigenvalue weighted by atomic mass is 16.5. The number of amides is 2. The van der Waals surface area contributed by atoms with Crippen molar-refractivity contribution in [1.29, 1.82) is 0 Å². The summed E-state index contributed by atoms with van der Waals surface area (Å²) in [7, 11) is 1.58. The second kappa shape index (κ2) is 5.53. The number of H-pyrrole nitrogens is 1. The molecule has 0 bridgehead atoms. The topological polar surface area (TPSA) is 62.4 Å². The third-order valence-corrected chi connectivity index (χ3v) is 4.47. The lowest BCUT2D eigenvalue weighted by Gasteiger charge is -2.15. The molecule has 2 aromatic carbocycles. The van der Waals surface area contributed by atoms with Crippen molar-refractivity contribution < 1.29 is 14.3 Å². The van der Waals surface area contributed by atoms with Gasteiger partial charge < -0.3 is 9.72 Å². The number of fused-ring (bicyclic) bond motifs is 1. The second-order valence-corrected chi connectivity index (χ2v) is 5.81. The van der Waals surface area contributed by atoms with Crippen LogP contribution < -0.4 is 9.64 Å². The third-order valence-electron chi connectivity index (χ3n) is 4.47. The molecule has 2 amide bonds. The maximum absolute atomic E-state index is 12.9. The monoisotopic (exact) mass is 320 g/mol. The van der Waals surface area contributed by atoms with Gasteiger partial charge in [0, 0.05) is 23.5 Å². The summed E-state index contributed by atoms with van der Waals surface area (Å²) in [6, 6.07) is 14.7. The minimum absolute atomic E-state index is 0.180. The first kappa shape index (κ1) is 14.5. The van der Waals surface area contributed by atoms with Gasteiger partial charge in [-0.05, 0) is 35.9 Å². The van der Waals surface area contributed by atoms with Crippen LogP contribution in [-0.4, -0.2) is 23.9 Å². The van der Waals surface area contributed by atoms with E-state index in [-0.39, 0.29) is 18.2 Å². The van der Waals surface area contributed by atoms with Crippen molar-refractivity contribution in [1.82, 2.24) is 4.98 Å². The number of aromatic amines is 1. The molecule has 1 N–H and O–H groups in total. The van der Waals surface area contributed by atoms with E-state index in [4.69, 9.17) is 4.74 Å². The number of aromatic nitrogens is 1. The molecule has 1 atom stereocenters. The van der Waals surface area contributed by atoms with Crippen LogP contribution in [-0.2, 0) is 9.59 Å². The lowest BCUT2D eigenvalue weighted by Crippen LogP contribution is -2.29. The fraction of sp³-hybridized carbons (Fsp3) is 0.158. The number of ether oxygens (including phenoxy) is 1. The van der Waals surface area contributed by atoms with Gasteiger partial charge in [-0.1, -0.05) is 18.2 Å². The van der Waals surface area contributed by atoms with Gasteiger partial charge in [0.1, 0.15) is 5.75 Å². The van der Waals surface area contributed by atoms with Crippen LogP contribution in [0.1, 0.15) is 17.9 Å². The average Bonchev–Trinajstić information content (AvgIpc) is 3.16. The molecule has 1 fully saturated rings. The Hall–Kier alpha value is -3.08. The van der Waals surface area contributed by atoms with E-state index in [1.165, 1.54) is 4.90 Å². The Kier molecular flexibility index (Phi) is 3.34. The molecule has 0 unspecified atom stereocenters. The molecule has 0 saturated carbocycles. The van der Waals surface area contributed by atoms with E-state index in [9.17, 15) is 9.59 Å². The summed E-state index contributed by atoms with van der Waals surface area (Å²) in [6.07, 6.45) is 2.02. The predicted molar refractivity (Wildman–Crippen MR) is 91.1 cm³/mol. The number of hydrogen-bond donors (Lipinski definition) is 1. The molecule has 1 saturated heterocycles. The standard InChI is InChI=1S/C19H16N2O3/c1-24-13-8-6-12(7-9-13)21-18(22)10-15(19(21)23)16-11-20-17-5-3-2-4-14(16)17/h2-9,11,15,20H,10H2,1H3/t15-/m0/s1. The minimum Gasteiger partial charge on any atom is -0.497 e. The van der Waals surface area contributed by atoms with Gasteiger partial charge in [0.15, 0.2) is 0 Å². The summed E-state index contributed by atoms with van der Waals surface area (Å²) in [5, 5.41) is 0.986. The van der Waals surface area contributed by atoms with Crippen LogP contribution in [0.15, 0.2) is 54.7 Å². The summed E-state index contributed by atoms with van der Waals surface area (Å²) in [5.41, 5.74) is 2.42. The number of para-hydroxylation sites is 1. The molecule has 4 rings (SSSR count). The molecule has 1 aliphatic heterocycles. The molecule has 5 heteroatoms. The second-order valence-electron chi connectivity index (χ2n) is 5.81. The SMILES string of the molecule is COc1ccc(N2C(=O)C[C@@H](c3c[nH]c4ccccc34)C2=O)cc1. The van der Waals surface area contributed by atoms with Crippen molar-refractivity contribution in [2.45, 2.75) is 12.3 Å². The maximum atomic E-state index is 12.9. The van der Waals surface area contributed by atoms with Crippen molar-refractivity contribution in [3.63, 3.8) is 0 Å². The fourth-order valence-corrected chi connectivity index (χ4v) is 3.26. The highest BCUT2D eigenvalue weighted by Crippen LogP contribution is 2.36. The van der Waals surface area contributed by atoms with Gasteiger partial charge in [-0.25, -0.2) is 0 Å². The summed E-state index contributed by atoms with van der Waals surface area (Å²) in [4.78, 5) is 29.8. The summed E-state index contributed by atoms with van der Waals surface area (Å²) in [6.45, 7) is 0. The molecule has 24 heavy (non-hydrogen) atoms. The first-order valence-corrected chi connectivity index (χ1v) is 7.76. The molecule has 0 radical (unpaired) electrons. The zero-order chi connectivity index (χ0) is 16.7. The Bertz CT molecular complexity index is 927. The van der Waals surface area contributed by atoms with E-state index < -0.39 is 5.92 Å². The number of hydrogen-bond acceptors (Lipinski definition) is 3. The van der Waals surface area contributed by atoms with Crippen LogP contribution in [0.4, 0.5) is 5.69 Å². The largest absolute Gasteiger partial charge is 0.497 e. The number of carbonyl (C=O) groups excluding carboxylic acids is 2. The lowest BCUT2D eigenvalue weighted by atomic mass is 9.97. The van der Waals surface area contributed by atoms with Crippen molar-refractivity contribution in [3.05, 3.63) is 60.3 Å². The lowest BCUT2D eigenvalue weighted by molar-refractivity contribution is -0.121. The average molecular weight is 320 g/mol. The normalized spacial score (nSPS) is 17.7. The molecule has 1 aromatic heterocycles. The van der Waals surface area contributed by atoms with Gasteiger partial charge in [0.05, 0.1) is 18.7 Å². The zero-order valence-electron chi connectivity index (χ0n) is 13.2. The number of benzene rings is 2. The van der Waals surface area contributed by atoms with Crippen LogP contribution in [0.2, 0.25) is 0 Å². The van der Waals surface area contributed by atoms with E-state index in [0.717, 1.165) is 16.5 Å². The molecule has 2 heterocycles. The van der Waals surface area contributed by atoms with Crippen LogP contribution in [0.3, 0.4) is 0 Å². The van der Waals surface area contributed by atoms with E-state index in [0.29, 0.717) is 11.4 Å². The predicted octanol–water partition coefficient (Wildman–Crippen LogP) is 3.22. The maximum Gasteiger partial charge on any atom is 0.241 e. The smallest absolute Gasteiger partial charge is 0.241 e. The van der Waals surface area contributed by atoms with Crippen molar-refractivity contribution >= 4 is 28.4 Å². The van der Waals surface area contributed by atoms with Crippen LogP contribution in [0.5, 0.6) is 5.75 Å². The summed E-state index contributed by atoms with van der Waals surface area (Å²) < 4.78 is 5.12. The van der Waals surface area contributed by atoms with E-state index in [1.807, 2.05) is 30.5 Å². The molecule has 0 aliphatic carbocycles. The van der Waals surface area contributed by atoms with E-state index in [2.05, 4.69) is 4.98 Å². The number of rotatable bonds is 3. The Labute approximate surface area is 138 Å². The number of methoxy groups -OCH3 is 1. The summed E-state index contributed by atoms with van der Waals surface area (Å²) in [5.74, 6) is -0.128. The Morgan fingerprint density at radius 2 is 1.83 bits per heavy atom. The molecule has 0 spiro atoms. The summed E-state index contributed by atoms with van der Waals surface area (Å²) >= 11 is 0. The van der Waals surface area contributed by atoms with Crippen molar-refractivity contribution in [2.75, 3.05) is 12.0 Å². The van der Waals surface area contributed by atoms with Gasteiger partial charge in [0.25, 0.3) is 0 Å². The van der Waals surface area contributed by atoms with Crippen molar-refractivity contribution in [2.24, 2.45) is 0 Å². The van der Waals surface area contributed by atoms with Crippen LogP contribution >= 0.6 is 0 Å². The number of nitrogens with zero attached hydrogens (tertiary/aromatic N) is 1. The van der Waals surface area contributed by atoms with Crippen molar-refractivity contribution in [3.8, 4) is 5.75 Å². The van der Waals surface area contributed by atoms with E-state index in [1.54, 1.807) is 31.4 Å². The highest BCUT2D eigenvalue weighted by molar-refractivity contribution is 6.23. The Balaban J connectivity index is 1.70. The fourth-order valence-electron chi connectivity index (χ4n) is 3.26. The Morgan fingerprint density at radius 1 is 1.08 bits per heavy atom. The highest BCUT2D eigenvalue weighted by Gasteiger charge is 2.41. The van der Waals surface area contributed by atoms with Gasteiger partial charge in [-0.3, -0.25) is 14.5 Å².